The lowest BCUT2D eigenvalue weighted by molar-refractivity contribution is 1.14. The highest BCUT2D eigenvalue weighted by atomic mass is 35.5. The predicted molar refractivity (Wildman–Crippen MR) is 85.6 cm³/mol. The highest BCUT2D eigenvalue weighted by Crippen LogP contribution is 2.12. The molecule has 0 saturated heterocycles. The summed E-state index contributed by atoms with van der Waals surface area (Å²) in [5.74, 6) is 0. The monoisotopic (exact) mass is 291 g/mol. The van der Waals surface area contributed by atoms with E-state index in [1.165, 1.54) is 5.56 Å². The summed E-state index contributed by atoms with van der Waals surface area (Å²) in [5.41, 5.74) is 8.94. The van der Waals surface area contributed by atoms with Gasteiger partial charge in [-0.15, -0.1) is 0 Å². The summed E-state index contributed by atoms with van der Waals surface area (Å²) >= 11 is 11.0. The Balaban J connectivity index is 1.84. The van der Waals surface area contributed by atoms with E-state index in [1.807, 2.05) is 55.5 Å². The molecule has 0 aliphatic heterocycles. The molecular weight excluding hydrogens is 278 g/mol. The van der Waals surface area contributed by atoms with E-state index >= 15 is 0 Å². The standard InChI is InChI=1S/C14H14ClN3S/c1-10-2-6-12(7-3-10)16-14(19)18-17-13-8-4-11(15)5-9-13/h2-9,17H,1H3,(H2,16,18,19). The zero-order valence-electron chi connectivity index (χ0n) is 10.4. The molecule has 0 amide bonds. The molecule has 2 aromatic carbocycles. The van der Waals surface area contributed by atoms with Crippen LogP contribution in [0.5, 0.6) is 0 Å². The summed E-state index contributed by atoms with van der Waals surface area (Å²) in [7, 11) is 0. The Morgan fingerprint density at radius 3 is 2.16 bits per heavy atom. The second kappa shape index (κ2) is 6.41. The van der Waals surface area contributed by atoms with Gasteiger partial charge >= 0.3 is 0 Å². The third kappa shape index (κ3) is 4.43. The molecule has 0 atom stereocenters. The average Bonchev–Trinajstić information content (AvgIpc) is 2.41. The van der Waals surface area contributed by atoms with Crippen LogP contribution >= 0.6 is 23.8 Å². The van der Waals surface area contributed by atoms with Gasteiger partial charge in [0.1, 0.15) is 0 Å². The van der Waals surface area contributed by atoms with Crippen LogP contribution in [0.25, 0.3) is 0 Å². The fourth-order valence-electron chi connectivity index (χ4n) is 1.46. The van der Waals surface area contributed by atoms with Crippen molar-refractivity contribution in [2.75, 3.05) is 10.7 Å². The number of hydrogen-bond acceptors (Lipinski definition) is 2. The molecule has 0 fully saturated rings. The van der Waals surface area contributed by atoms with Crippen molar-refractivity contribution in [1.29, 1.82) is 0 Å². The summed E-state index contributed by atoms with van der Waals surface area (Å²) in [6.07, 6.45) is 0. The fourth-order valence-corrected chi connectivity index (χ4v) is 1.76. The van der Waals surface area contributed by atoms with Crippen molar-refractivity contribution in [3.63, 3.8) is 0 Å². The zero-order valence-corrected chi connectivity index (χ0v) is 12.0. The van der Waals surface area contributed by atoms with E-state index in [0.717, 1.165) is 11.4 Å². The number of aryl methyl sites for hydroxylation is 1. The molecule has 0 aromatic heterocycles. The smallest absolute Gasteiger partial charge is 0.189 e. The lowest BCUT2D eigenvalue weighted by Crippen LogP contribution is -2.33. The van der Waals surface area contributed by atoms with E-state index in [4.69, 9.17) is 23.8 Å². The van der Waals surface area contributed by atoms with E-state index in [-0.39, 0.29) is 0 Å². The molecule has 2 aromatic rings. The third-order valence-electron chi connectivity index (χ3n) is 2.47. The second-order valence-corrected chi connectivity index (χ2v) is 4.92. The first-order chi connectivity index (χ1) is 9.13. The van der Waals surface area contributed by atoms with Gasteiger partial charge in [0, 0.05) is 10.7 Å². The van der Waals surface area contributed by atoms with E-state index < -0.39 is 0 Å². The SMILES string of the molecule is Cc1ccc(NC(=S)NNc2ccc(Cl)cc2)cc1. The van der Waals surface area contributed by atoms with Crippen molar-refractivity contribution in [2.24, 2.45) is 0 Å². The van der Waals surface area contributed by atoms with Gasteiger partial charge in [0.15, 0.2) is 5.11 Å². The number of rotatable bonds is 3. The van der Waals surface area contributed by atoms with Crippen LogP contribution < -0.4 is 16.2 Å². The molecule has 3 N–H and O–H groups in total. The highest BCUT2D eigenvalue weighted by molar-refractivity contribution is 7.80. The van der Waals surface area contributed by atoms with Crippen LogP contribution in [-0.4, -0.2) is 5.11 Å². The molecule has 0 aliphatic carbocycles. The number of nitrogens with one attached hydrogen (secondary N) is 3. The first-order valence-electron chi connectivity index (χ1n) is 5.79. The summed E-state index contributed by atoms with van der Waals surface area (Å²) in [6.45, 7) is 2.04. The molecule has 0 saturated carbocycles. The van der Waals surface area contributed by atoms with Gasteiger partial charge in [-0.1, -0.05) is 29.3 Å². The number of anilines is 2. The van der Waals surface area contributed by atoms with Crippen molar-refractivity contribution in [3.8, 4) is 0 Å². The van der Waals surface area contributed by atoms with Gasteiger partial charge < -0.3 is 5.32 Å². The third-order valence-corrected chi connectivity index (χ3v) is 2.93. The van der Waals surface area contributed by atoms with Crippen molar-refractivity contribution in [2.45, 2.75) is 6.92 Å². The molecule has 19 heavy (non-hydrogen) atoms. The molecular formula is C14H14ClN3S. The largest absolute Gasteiger partial charge is 0.331 e. The number of thiocarbonyl (C=S) groups is 1. The molecule has 98 valence electrons. The molecule has 5 heteroatoms. The summed E-state index contributed by atoms with van der Waals surface area (Å²) in [5, 5.41) is 4.28. The maximum absolute atomic E-state index is 5.81. The van der Waals surface area contributed by atoms with Crippen LogP contribution in [0, 0.1) is 6.92 Å². The van der Waals surface area contributed by atoms with E-state index in [0.29, 0.717) is 10.1 Å². The van der Waals surface area contributed by atoms with E-state index in [2.05, 4.69) is 16.2 Å². The van der Waals surface area contributed by atoms with Crippen LogP contribution in [0.3, 0.4) is 0 Å². The molecule has 0 radical (unpaired) electrons. The Labute approximate surface area is 123 Å². The summed E-state index contributed by atoms with van der Waals surface area (Å²) < 4.78 is 0. The highest BCUT2D eigenvalue weighted by Gasteiger charge is 1.97. The molecule has 0 heterocycles. The minimum Gasteiger partial charge on any atom is -0.331 e. The van der Waals surface area contributed by atoms with Crippen LogP contribution in [0.15, 0.2) is 48.5 Å². The normalized spacial score (nSPS) is 9.79. The van der Waals surface area contributed by atoms with Crippen LogP contribution in [0.1, 0.15) is 5.56 Å². The molecule has 0 unspecified atom stereocenters. The van der Waals surface area contributed by atoms with Gasteiger partial charge in [-0.25, -0.2) is 0 Å². The Morgan fingerprint density at radius 2 is 1.53 bits per heavy atom. The lowest BCUT2D eigenvalue weighted by Gasteiger charge is -2.12. The minimum absolute atomic E-state index is 0.499. The Hall–Kier alpha value is -1.78. The first kappa shape index (κ1) is 13.6. The minimum atomic E-state index is 0.499. The number of hydrogen-bond donors (Lipinski definition) is 3. The number of benzene rings is 2. The van der Waals surface area contributed by atoms with Gasteiger partial charge in [-0.3, -0.25) is 10.9 Å². The first-order valence-corrected chi connectivity index (χ1v) is 6.57. The van der Waals surface area contributed by atoms with Gasteiger partial charge in [-0.2, -0.15) is 0 Å². The zero-order chi connectivity index (χ0) is 13.7. The average molecular weight is 292 g/mol. The molecule has 2 rings (SSSR count). The van der Waals surface area contributed by atoms with Crippen molar-refractivity contribution < 1.29 is 0 Å². The van der Waals surface area contributed by atoms with Crippen molar-refractivity contribution in [3.05, 3.63) is 59.1 Å². The molecule has 0 spiro atoms. The maximum atomic E-state index is 5.81. The Morgan fingerprint density at radius 1 is 0.947 bits per heavy atom. The summed E-state index contributed by atoms with van der Waals surface area (Å²) in [4.78, 5) is 0. The topological polar surface area (TPSA) is 36.1 Å². The van der Waals surface area contributed by atoms with Crippen LogP contribution in [0.2, 0.25) is 5.02 Å². The lowest BCUT2D eigenvalue weighted by atomic mass is 10.2. The Bertz CT molecular complexity index is 552. The van der Waals surface area contributed by atoms with Crippen molar-refractivity contribution >= 4 is 40.3 Å². The van der Waals surface area contributed by atoms with E-state index in [1.54, 1.807) is 0 Å². The number of hydrazine groups is 1. The number of halogens is 1. The van der Waals surface area contributed by atoms with Gasteiger partial charge in [0.25, 0.3) is 0 Å². The molecule has 3 nitrogen and oxygen atoms in total. The summed E-state index contributed by atoms with van der Waals surface area (Å²) in [6, 6.07) is 15.4. The fraction of sp³-hybridized carbons (Fsp3) is 0.0714. The van der Waals surface area contributed by atoms with Gasteiger partial charge in [0.05, 0.1) is 5.69 Å². The molecule has 0 bridgehead atoms. The van der Waals surface area contributed by atoms with E-state index in [9.17, 15) is 0 Å². The maximum Gasteiger partial charge on any atom is 0.189 e. The van der Waals surface area contributed by atoms with Crippen LogP contribution in [0.4, 0.5) is 11.4 Å². The van der Waals surface area contributed by atoms with Gasteiger partial charge in [0.2, 0.25) is 0 Å². The predicted octanol–water partition coefficient (Wildman–Crippen LogP) is 3.96. The molecule has 0 aliphatic rings. The second-order valence-electron chi connectivity index (χ2n) is 4.08. The van der Waals surface area contributed by atoms with Crippen molar-refractivity contribution in [1.82, 2.24) is 5.43 Å². The quantitative estimate of drug-likeness (QED) is 0.591. The van der Waals surface area contributed by atoms with Crippen LogP contribution in [-0.2, 0) is 0 Å². The van der Waals surface area contributed by atoms with Gasteiger partial charge in [-0.05, 0) is 55.5 Å². The Kier molecular flexibility index (Phi) is 4.60.